The van der Waals surface area contributed by atoms with Crippen molar-refractivity contribution in [1.29, 1.82) is 0 Å². The van der Waals surface area contributed by atoms with Crippen molar-refractivity contribution in [3.05, 3.63) is 114 Å². The van der Waals surface area contributed by atoms with Crippen LogP contribution in [0.15, 0.2) is 70.5 Å². The molecule has 2 aliphatic heterocycles. The maximum absolute atomic E-state index is 15.3. The SMILES string of the molecule is COP(C)(=O)C(C)(OC(=O)N1CCN(c2cc3c(cc2F)c(=O)c(C(=O)O)cn3C2CC2)CC1)P(C)(=O)OC.COP(C)(=O)C(C)(OC(=O)Oc1ccc([N+](=O)[O-])cc1)P(C)(=O)OC.O=C(O)c1cn(C2CC2)c2cc(N3CCNCC3)c(F)cc2c1=O. The lowest BCUT2D eigenvalue weighted by atomic mass is 10.1. The summed E-state index contributed by atoms with van der Waals surface area (Å²) in [6.07, 6.45) is 4.08. The Bertz CT molecular complexity index is 3830. The van der Waals surface area contributed by atoms with Crippen molar-refractivity contribution >= 4 is 92.5 Å². The Morgan fingerprint density at radius 3 is 1.34 bits per heavy atom. The van der Waals surface area contributed by atoms with Crippen LogP contribution in [0.5, 0.6) is 5.75 Å². The number of piperazine rings is 2. The highest BCUT2D eigenvalue weighted by atomic mass is 31.2. The molecule has 4 heterocycles. The number of amides is 1. The van der Waals surface area contributed by atoms with Crippen molar-refractivity contribution in [2.24, 2.45) is 0 Å². The second kappa shape index (κ2) is 26.7. The minimum absolute atomic E-state index is 0.00572. The van der Waals surface area contributed by atoms with Gasteiger partial charge in [0.05, 0.1) is 27.3 Å². The van der Waals surface area contributed by atoms with Gasteiger partial charge in [-0.15, -0.1) is 0 Å². The molecule has 9 rings (SSSR count). The summed E-state index contributed by atoms with van der Waals surface area (Å²) >= 11 is 0. The number of hydrogen-bond donors (Lipinski definition) is 3. The first-order valence-electron chi connectivity index (χ1n) is 27.2. The first kappa shape index (κ1) is 68.6. The van der Waals surface area contributed by atoms with E-state index in [1.165, 1.54) is 76.9 Å². The van der Waals surface area contributed by atoms with Crippen LogP contribution in [-0.4, -0.2) is 171 Å². The number of carbonyl (C=O) groups is 4. The van der Waals surface area contributed by atoms with E-state index in [1.54, 1.807) is 21.6 Å². The average molecular weight is 1310 g/mol. The van der Waals surface area contributed by atoms with E-state index in [-0.39, 0.29) is 71.7 Å². The highest BCUT2D eigenvalue weighted by molar-refractivity contribution is 7.78. The lowest BCUT2D eigenvalue weighted by Crippen LogP contribution is -2.50. The number of nitrogens with zero attached hydrogens (tertiary/aromatic N) is 6. The van der Waals surface area contributed by atoms with Crippen LogP contribution in [0.3, 0.4) is 0 Å². The number of aromatic carboxylic acids is 2. The van der Waals surface area contributed by atoms with Crippen molar-refractivity contribution in [2.45, 2.75) is 61.8 Å². The number of fused-ring (bicyclic) bond motifs is 2. The predicted molar refractivity (Wildman–Crippen MR) is 321 cm³/mol. The Morgan fingerprint density at radius 2 is 0.989 bits per heavy atom. The summed E-state index contributed by atoms with van der Waals surface area (Å²) in [5, 5.41) is 28.5. The van der Waals surface area contributed by atoms with Crippen LogP contribution in [0.1, 0.15) is 72.3 Å². The van der Waals surface area contributed by atoms with Gasteiger partial charge in [-0.3, -0.25) is 38.0 Å². The molecule has 3 aromatic carbocycles. The van der Waals surface area contributed by atoms with Crippen LogP contribution in [0.25, 0.3) is 21.8 Å². The minimum atomic E-state index is -3.73. The maximum Gasteiger partial charge on any atom is 0.515 e. The molecule has 0 radical (unpaired) electrons. The number of rotatable bonds is 18. The number of carboxylic acids is 2. The van der Waals surface area contributed by atoms with Gasteiger partial charge >= 0.3 is 24.2 Å². The summed E-state index contributed by atoms with van der Waals surface area (Å²) in [5.41, 5.74) is -0.530. The fourth-order valence-electron chi connectivity index (χ4n) is 9.66. The van der Waals surface area contributed by atoms with Gasteiger partial charge in [-0.1, -0.05) is 0 Å². The van der Waals surface area contributed by atoms with E-state index < -0.39 is 96.8 Å². The molecule has 0 bridgehead atoms. The van der Waals surface area contributed by atoms with Crippen molar-refractivity contribution in [3.63, 3.8) is 0 Å². The van der Waals surface area contributed by atoms with Crippen LogP contribution in [0.4, 0.5) is 35.4 Å². The van der Waals surface area contributed by atoms with E-state index >= 15 is 4.39 Å². The summed E-state index contributed by atoms with van der Waals surface area (Å²) in [7, 11) is -10.3. The number of carboxylic acid groups (broad SMARTS) is 2. The second-order valence-corrected chi connectivity index (χ2v) is 33.9. The molecule has 1 amide bonds. The van der Waals surface area contributed by atoms with Crippen molar-refractivity contribution in [3.8, 4) is 5.75 Å². The third-order valence-electron chi connectivity index (χ3n) is 16.1. The third kappa shape index (κ3) is 14.1. The number of halogens is 2. The molecule has 3 N–H and O–H groups in total. The third-order valence-corrected chi connectivity index (χ3v) is 29.6. The first-order chi connectivity index (χ1) is 41.1. The molecule has 4 unspecified atom stereocenters. The van der Waals surface area contributed by atoms with Crippen molar-refractivity contribution in [1.82, 2.24) is 19.4 Å². The number of nitro benzene ring substituents is 1. The largest absolute Gasteiger partial charge is 0.515 e. The molecule has 4 fully saturated rings. The number of ether oxygens (including phenoxy) is 3. The van der Waals surface area contributed by atoms with Crippen LogP contribution in [-0.2, 0) is 45.8 Å². The quantitative estimate of drug-likeness (QED) is 0.0241. The van der Waals surface area contributed by atoms with E-state index in [0.717, 1.165) is 84.5 Å². The van der Waals surface area contributed by atoms with Gasteiger partial charge in [-0.25, -0.2) is 28.0 Å². The van der Waals surface area contributed by atoms with Crippen LogP contribution >= 0.6 is 29.5 Å². The van der Waals surface area contributed by atoms with E-state index in [9.17, 15) is 71.7 Å². The monoisotopic (exact) mass is 1310 g/mol. The zero-order valence-corrected chi connectivity index (χ0v) is 53.4. The molecule has 88 heavy (non-hydrogen) atoms. The normalized spacial score (nSPS) is 19.3. The van der Waals surface area contributed by atoms with Gasteiger partial charge in [-0.05, 0) is 75.9 Å². The van der Waals surface area contributed by atoms with Gasteiger partial charge in [0.2, 0.25) is 10.9 Å². The number of non-ortho nitro benzene ring substituents is 1. The number of nitro groups is 1. The molecule has 4 aliphatic rings. The van der Waals surface area contributed by atoms with Gasteiger partial charge in [0.15, 0.2) is 0 Å². The number of hydrogen-bond acceptors (Lipinski definition) is 22. The maximum atomic E-state index is 15.3. The summed E-state index contributed by atoms with van der Waals surface area (Å²) in [5.74, 6) is -3.86. The zero-order chi connectivity index (χ0) is 65.2. The highest BCUT2D eigenvalue weighted by Crippen LogP contribution is 2.75. The second-order valence-electron chi connectivity index (χ2n) is 21.5. The minimum Gasteiger partial charge on any atom is -0.477 e. The molecule has 28 nitrogen and oxygen atoms in total. The van der Waals surface area contributed by atoms with Crippen molar-refractivity contribution in [2.75, 3.05) is 117 Å². The molecule has 34 heteroatoms. The summed E-state index contributed by atoms with van der Waals surface area (Å²) in [6, 6.07) is 10.3. The number of pyridine rings is 2. The standard InChI is InChI=1S/C24H32FN3O9P2.C17H18FN3O3.C13H19NO9P2/c1-24(38(4,33)35-2,39(5,34)36-3)37-23(32)27-10-8-26(9-11-27)20-13-19-16(12-18(20)25)21(29)17(22(30)31)14-28(19)15-6-7-15;18-13-7-11-14(8-15(13)20-5-3-19-4-6-20)21(10-1-2-10)9-12(16(11)22)17(23)24;1-13(24(4,18)20-2,25(5,19)21-3)23-12(15)22-11-8-6-10(7-9-11)14(16)17/h12-15H,6-11H2,1-5H3,(H,30,31);7-10,19H,1-6H2,(H,23,24);6-9H,1-5H3. The van der Waals surface area contributed by atoms with E-state index in [2.05, 4.69) is 5.32 Å². The first-order valence-corrected chi connectivity index (χ1v) is 35.5. The smallest absolute Gasteiger partial charge is 0.477 e. The Labute approximate surface area is 502 Å². The number of benzene rings is 3. The average Bonchev–Trinajstić information content (AvgIpc) is 1.75. The molecule has 480 valence electrons. The fraction of sp³-hybridized carbons (Fsp3) is 0.481. The molecular weight excluding hydrogens is 1240 g/mol. The Hall–Kier alpha value is -6.86. The van der Waals surface area contributed by atoms with Gasteiger partial charge < -0.3 is 71.7 Å². The molecule has 2 aromatic heterocycles. The number of aromatic nitrogens is 2. The van der Waals surface area contributed by atoms with Gasteiger partial charge in [0.1, 0.15) is 28.5 Å². The summed E-state index contributed by atoms with van der Waals surface area (Å²) in [6.45, 7) is 10.8. The molecule has 4 atom stereocenters. The van der Waals surface area contributed by atoms with E-state index in [1.807, 2.05) is 9.47 Å². The topological polar surface area (TPSA) is 351 Å². The Kier molecular flexibility index (Phi) is 20.8. The Morgan fingerprint density at radius 1 is 0.614 bits per heavy atom. The molecule has 0 spiro atoms. The fourth-order valence-corrected chi connectivity index (χ4v) is 18.2. The molecule has 2 saturated carbocycles. The van der Waals surface area contributed by atoms with Gasteiger partial charge in [-0.2, -0.15) is 0 Å². The molecular formula is C54H69F2N7O21P4. The van der Waals surface area contributed by atoms with Gasteiger partial charge in [0, 0.05) is 155 Å². The molecule has 2 saturated heterocycles. The highest BCUT2D eigenvalue weighted by Gasteiger charge is 2.59. The van der Waals surface area contributed by atoms with Crippen LogP contribution < -0.4 is 30.7 Å². The summed E-state index contributed by atoms with van der Waals surface area (Å²) in [4.78, 5) is 88.1. The van der Waals surface area contributed by atoms with Crippen molar-refractivity contribution < 1.29 is 93.7 Å². The van der Waals surface area contributed by atoms with Gasteiger partial charge in [0.25, 0.3) is 45.3 Å². The number of nitrogens with one attached hydrogen (secondary N) is 1. The number of carbonyl (C=O) groups excluding carboxylic acids is 2. The van der Waals surface area contributed by atoms with E-state index in [0.29, 0.717) is 29.8 Å². The predicted octanol–water partition coefficient (Wildman–Crippen LogP) is 9.69. The molecule has 5 aromatic rings. The van der Waals surface area contributed by atoms with E-state index in [4.69, 9.17) is 32.3 Å². The zero-order valence-electron chi connectivity index (χ0n) is 49.8. The van der Waals surface area contributed by atoms with Crippen LogP contribution in [0.2, 0.25) is 0 Å². The Balaban J connectivity index is 0.000000197. The molecule has 2 aliphatic carbocycles. The lowest BCUT2D eigenvalue weighted by Gasteiger charge is -2.40. The lowest BCUT2D eigenvalue weighted by molar-refractivity contribution is -0.384. The van der Waals surface area contributed by atoms with Crippen LogP contribution in [0, 0.1) is 21.7 Å². The number of anilines is 2. The summed E-state index contributed by atoms with van der Waals surface area (Å²) < 4.78 is 120.